The highest BCUT2D eigenvalue weighted by Gasteiger charge is 2.28. The summed E-state index contributed by atoms with van der Waals surface area (Å²) in [4.78, 5) is 25.3. The average Bonchev–Trinajstić information content (AvgIpc) is 2.66. The fraction of sp³-hybridized carbons (Fsp3) is 0.600. The quantitative estimate of drug-likeness (QED) is 0.846. The Morgan fingerprint density at radius 3 is 2.42 bits per heavy atom. The van der Waals surface area contributed by atoms with E-state index in [2.05, 4.69) is 10.6 Å². The first-order valence-electron chi connectivity index (χ1n) is 9.55. The fourth-order valence-electron chi connectivity index (χ4n) is 3.51. The van der Waals surface area contributed by atoms with Crippen molar-refractivity contribution in [3.8, 4) is 11.5 Å². The molecule has 1 aliphatic heterocycles. The highest BCUT2D eigenvalue weighted by atomic mass is 16.6. The second-order valence-corrected chi connectivity index (χ2v) is 7.41. The third kappa shape index (κ3) is 4.48. The van der Waals surface area contributed by atoms with Gasteiger partial charge >= 0.3 is 0 Å². The Balaban J connectivity index is 1.64. The fourth-order valence-corrected chi connectivity index (χ4v) is 3.51. The van der Waals surface area contributed by atoms with Gasteiger partial charge in [-0.2, -0.15) is 0 Å². The standard InChI is InChI=1S/C20H28N2O4/c1-13(2)18(22-19(23)14-6-4-3-5-7-14)20(24)21-15-8-9-16-17(12-15)26-11-10-25-16/h8-9,12-14,18H,3-7,10-11H2,1-2H3,(H,21,24)(H,22,23)/t18-/m0/s1. The van der Waals surface area contributed by atoms with Crippen LogP contribution in [0.15, 0.2) is 18.2 Å². The molecule has 0 saturated heterocycles. The Hall–Kier alpha value is -2.24. The Morgan fingerprint density at radius 2 is 1.73 bits per heavy atom. The first-order valence-corrected chi connectivity index (χ1v) is 9.55. The molecule has 2 aliphatic rings. The number of ether oxygens (including phenoxy) is 2. The summed E-state index contributed by atoms with van der Waals surface area (Å²) >= 11 is 0. The van der Waals surface area contributed by atoms with Gasteiger partial charge in [0.1, 0.15) is 19.3 Å². The second kappa shape index (κ2) is 8.43. The van der Waals surface area contributed by atoms with Crippen molar-refractivity contribution in [1.29, 1.82) is 0 Å². The predicted molar refractivity (Wildman–Crippen MR) is 99.4 cm³/mol. The lowest BCUT2D eigenvalue weighted by Crippen LogP contribution is -2.49. The van der Waals surface area contributed by atoms with E-state index in [1.807, 2.05) is 13.8 Å². The van der Waals surface area contributed by atoms with Crippen LogP contribution in [-0.2, 0) is 9.59 Å². The van der Waals surface area contributed by atoms with Crippen molar-refractivity contribution in [2.75, 3.05) is 18.5 Å². The first-order chi connectivity index (χ1) is 12.5. The number of rotatable bonds is 5. The molecular formula is C20H28N2O4. The molecule has 0 radical (unpaired) electrons. The molecule has 1 atom stereocenters. The summed E-state index contributed by atoms with van der Waals surface area (Å²) in [6.45, 7) is 4.90. The van der Waals surface area contributed by atoms with Gasteiger partial charge in [0.05, 0.1) is 0 Å². The maximum atomic E-state index is 12.7. The number of benzene rings is 1. The number of carbonyl (C=O) groups excluding carboxylic acids is 2. The topological polar surface area (TPSA) is 76.7 Å². The molecule has 26 heavy (non-hydrogen) atoms. The van der Waals surface area contributed by atoms with Crippen LogP contribution in [0.3, 0.4) is 0 Å². The van der Waals surface area contributed by atoms with Crippen molar-refractivity contribution >= 4 is 17.5 Å². The monoisotopic (exact) mass is 360 g/mol. The number of nitrogens with one attached hydrogen (secondary N) is 2. The second-order valence-electron chi connectivity index (χ2n) is 7.41. The molecule has 0 unspecified atom stereocenters. The summed E-state index contributed by atoms with van der Waals surface area (Å²) < 4.78 is 11.0. The molecule has 0 bridgehead atoms. The van der Waals surface area contributed by atoms with Gasteiger partial charge in [-0.15, -0.1) is 0 Å². The molecule has 6 heteroatoms. The van der Waals surface area contributed by atoms with Crippen LogP contribution in [0.1, 0.15) is 46.0 Å². The third-order valence-electron chi connectivity index (χ3n) is 5.03. The van der Waals surface area contributed by atoms with E-state index >= 15 is 0 Å². The van der Waals surface area contributed by atoms with Crippen molar-refractivity contribution in [3.05, 3.63) is 18.2 Å². The lowest BCUT2D eigenvalue weighted by Gasteiger charge is -2.26. The summed E-state index contributed by atoms with van der Waals surface area (Å²) in [5, 5.41) is 5.85. The van der Waals surface area contributed by atoms with Gasteiger partial charge in [0.2, 0.25) is 11.8 Å². The number of hydrogen-bond acceptors (Lipinski definition) is 4. The van der Waals surface area contributed by atoms with Gasteiger partial charge < -0.3 is 20.1 Å². The Bertz CT molecular complexity index is 653. The summed E-state index contributed by atoms with van der Waals surface area (Å²) in [6.07, 6.45) is 5.21. The lowest BCUT2D eigenvalue weighted by molar-refractivity contribution is -0.130. The van der Waals surface area contributed by atoms with E-state index in [0.29, 0.717) is 30.4 Å². The molecule has 142 valence electrons. The maximum absolute atomic E-state index is 12.7. The molecule has 0 aromatic heterocycles. The van der Waals surface area contributed by atoms with Crippen LogP contribution < -0.4 is 20.1 Å². The van der Waals surface area contributed by atoms with E-state index in [-0.39, 0.29) is 23.7 Å². The molecule has 1 aromatic carbocycles. The van der Waals surface area contributed by atoms with Crippen LogP contribution >= 0.6 is 0 Å². The van der Waals surface area contributed by atoms with E-state index in [9.17, 15) is 9.59 Å². The van der Waals surface area contributed by atoms with E-state index < -0.39 is 6.04 Å². The molecule has 1 aliphatic carbocycles. The Labute approximate surface area is 154 Å². The van der Waals surface area contributed by atoms with E-state index in [0.717, 1.165) is 25.7 Å². The zero-order valence-electron chi connectivity index (χ0n) is 15.5. The maximum Gasteiger partial charge on any atom is 0.247 e. The average molecular weight is 360 g/mol. The zero-order chi connectivity index (χ0) is 18.5. The predicted octanol–water partition coefficient (Wildman–Crippen LogP) is 3.12. The molecule has 2 N–H and O–H groups in total. The van der Waals surface area contributed by atoms with E-state index in [1.165, 1.54) is 6.42 Å². The highest BCUT2D eigenvalue weighted by molar-refractivity contribution is 5.97. The van der Waals surface area contributed by atoms with Crippen molar-refractivity contribution < 1.29 is 19.1 Å². The summed E-state index contributed by atoms with van der Waals surface area (Å²) in [5.41, 5.74) is 0.636. The number of amides is 2. The van der Waals surface area contributed by atoms with Crippen LogP contribution in [0, 0.1) is 11.8 Å². The summed E-state index contributed by atoms with van der Waals surface area (Å²) in [6, 6.07) is 4.77. The molecule has 1 saturated carbocycles. The summed E-state index contributed by atoms with van der Waals surface area (Å²) in [7, 11) is 0. The number of fused-ring (bicyclic) bond motifs is 1. The largest absolute Gasteiger partial charge is 0.486 e. The minimum atomic E-state index is -0.558. The highest BCUT2D eigenvalue weighted by Crippen LogP contribution is 2.32. The molecule has 1 heterocycles. The van der Waals surface area contributed by atoms with Crippen LogP contribution in [0.2, 0.25) is 0 Å². The number of hydrogen-bond donors (Lipinski definition) is 2. The molecule has 1 aromatic rings. The smallest absolute Gasteiger partial charge is 0.247 e. The SMILES string of the molecule is CC(C)[C@H](NC(=O)C1CCCCC1)C(=O)Nc1ccc2c(c1)OCCO2. The van der Waals surface area contributed by atoms with Gasteiger partial charge in [-0.3, -0.25) is 9.59 Å². The normalized spacial score (nSPS) is 18.3. The van der Waals surface area contributed by atoms with Gasteiger partial charge in [-0.05, 0) is 30.9 Å². The van der Waals surface area contributed by atoms with Gasteiger partial charge in [0, 0.05) is 17.7 Å². The zero-order valence-corrected chi connectivity index (χ0v) is 15.5. The minimum absolute atomic E-state index is 0.000230. The Morgan fingerprint density at radius 1 is 1.04 bits per heavy atom. The molecular weight excluding hydrogens is 332 g/mol. The molecule has 6 nitrogen and oxygen atoms in total. The molecule has 2 amide bonds. The summed E-state index contributed by atoms with van der Waals surface area (Å²) in [5.74, 6) is 1.13. The van der Waals surface area contributed by atoms with Crippen LogP contribution in [-0.4, -0.2) is 31.1 Å². The Kier molecular flexibility index (Phi) is 6.01. The van der Waals surface area contributed by atoms with Gasteiger partial charge in [0.15, 0.2) is 11.5 Å². The third-order valence-corrected chi connectivity index (χ3v) is 5.03. The van der Waals surface area contributed by atoms with Gasteiger partial charge in [0.25, 0.3) is 0 Å². The molecule has 1 fully saturated rings. The van der Waals surface area contributed by atoms with Crippen LogP contribution in [0.5, 0.6) is 11.5 Å². The van der Waals surface area contributed by atoms with E-state index in [4.69, 9.17) is 9.47 Å². The van der Waals surface area contributed by atoms with Crippen LogP contribution in [0.25, 0.3) is 0 Å². The lowest BCUT2D eigenvalue weighted by atomic mass is 9.88. The van der Waals surface area contributed by atoms with Crippen molar-refractivity contribution in [1.82, 2.24) is 5.32 Å². The van der Waals surface area contributed by atoms with Crippen molar-refractivity contribution in [2.24, 2.45) is 11.8 Å². The number of carbonyl (C=O) groups is 2. The van der Waals surface area contributed by atoms with Gasteiger partial charge in [-0.1, -0.05) is 33.1 Å². The van der Waals surface area contributed by atoms with E-state index in [1.54, 1.807) is 18.2 Å². The molecule has 3 rings (SSSR count). The van der Waals surface area contributed by atoms with Gasteiger partial charge in [-0.25, -0.2) is 0 Å². The van der Waals surface area contributed by atoms with Crippen LogP contribution in [0.4, 0.5) is 5.69 Å². The first kappa shape index (κ1) is 18.5. The van der Waals surface area contributed by atoms with Crippen molar-refractivity contribution in [2.45, 2.75) is 52.0 Å². The van der Waals surface area contributed by atoms with Crippen molar-refractivity contribution in [3.63, 3.8) is 0 Å². The molecule has 0 spiro atoms. The minimum Gasteiger partial charge on any atom is -0.486 e. The number of anilines is 1.